The Morgan fingerprint density at radius 3 is 2.23 bits per heavy atom. The average molecular weight is 800 g/mol. The highest BCUT2D eigenvalue weighted by atomic mass is 16.7. The van der Waals surface area contributed by atoms with Gasteiger partial charge >= 0.3 is 17.9 Å². The quantitative estimate of drug-likeness (QED) is 0.138. The van der Waals surface area contributed by atoms with E-state index in [1.54, 1.807) is 52.8 Å². The summed E-state index contributed by atoms with van der Waals surface area (Å²) in [6.07, 6.45) is -8.14. The van der Waals surface area contributed by atoms with Gasteiger partial charge in [0.25, 0.3) is 0 Å². The first-order chi connectivity index (χ1) is 26.3. The van der Waals surface area contributed by atoms with Crippen LogP contribution < -0.4 is 0 Å². The van der Waals surface area contributed by atoms with E-state index in [1.807, 2.05) is 0 Å². The number of epoxide rings is 1. The maximum Gasteiger partial charge on any atom is 0.309 e. The highest BCUT2D eigenvalue weighted by Crippen LogP contribution is 2.38. The van der Waals surface area contributed by atoms with Gasteiger partial charge in [-0.2, -0.15) is 0 Å². The first-order valence-electron chi connectivity index (χ1n) is 19.3. The SMILES string of the molecule is CO[C@H]1C(OC(C)=O)CC(=O)O[C@H](C)CC2OC2/C=C/C(=O)[C@H](C)C[C@H](CC=O)[C@@H]1O[C@@H]1OC(C)[C@@H](O[C@H]2CC(C)(O)[C@@H](OC(C)=O)C(C)O2)C(N(C)C)C1O. The van der Waals surface area contributed by atoms with Crippen LogP contribution in [0.3, 0.4) is 0 Å². The highest BCUT2D eigenvalue weighted by molar-refractivity contribution is 5.91. The number of nitrogens with zero attached hydrogens (tertiary/aromatic N) is 1. The summed E-state index contributed by atoms with van der Waals surface area (Å²) in [6, 6.07) is -0.796. The van der Waals surface area contributed by atoms with Crippen LogP contribution in [0, 0.1) is 11.8 Å². The van der Waals surface area contributed by atoms with Crippen LogP contribution in [-0.2, 0) is 66.6 Å². The number of allylic oxidation sites excluding steroid dienone is 1. The molecule has 0 amide bonds. The van der Waals surface area contributed by atoms with Gasteiger partial charge in [-0.1, -0.05) is 6.92 Å². The van der Waals surface area contributed by atoms with E-state index >= 15 is 0 Å². The van der Waals surface area contributed by atoms with E-state index in [4.69, 9.17) is 42.6 Å². The second-order valence-electron chi connectivity index (χ2n) is 16.0. The molecule has 0 radical (unpaired) electrons. The first kappa shape index (κ1) is 45.8. The molecule has 3 saturated heterocycles. The van der Waals surface area contributed by atoms with Crippen LogP contribution in [0.5, 0.6) is 0 Å². The number of rotatable bonds is 10. The Morgan fingerprint density at radius 1 is 0.964 bits per heavy atom. The summed E-state index contributed by atoms with van der Waals surface area (Å²) >= 11 is 0. The number of cyclic esters (lactones) is 1. The van der Waals surface area contributed by atoms with Crippen LogP contribution in [0.15, 0.2) is 12.2 Å². The minimum Gasteiger partial charge on any atom is -0.462 e. The number of carbonyl (C=O) groups excluding carboxylic acids is 5. The fraction of sp³-hybridized carbons (Fsp3) is 0.821. The summed E-state index contributed by atoms with van der Waals surface area (Å²) in [5, 5.41) is 23.2. The number of esters is 3. The molecule has 4 aliphatic rings. The molecule has 17 atom stereocenters. The molecule has 0 aromatic rings. The van der Waals surface area contributed by atoms with Crippen molar-refractivity contribution >= 4 is 30.0 Å². The third kappa shape index (κ3) is 11.9. The summed E-state index contributed by atoms with van der Waals surface area (Å²) in [5.41, 5.74) is -1.50. The minimum absolute atomic E-state index is 0.0568. The number of hydrogen-bond donors (Lipinski definition) is 2. The normalized spacial score (nSPS) is 43.2. The van der Waals surface area contributed by atoms with E-state index in [0.29, 0.717) is 12.7 Å². The van der Waals surface area contributed by atoms with E-state index in [2.05, 4.69) is 0 Å². The third-order valence-corrected chi connectivity index (χ3v) is 10.9. The molecule has 56 heavy (non-hydrogen) atoms. The molecule has 4 heterocycles. The maximum atomic E-state index is 13.4. The van der Waals surface area contributed by atoms with E-state index in [1.165, 1.54) is 34.0 Å². The van der Waals surface area contributed by atoms with Crippen molar-refractivity contribution in [1.82, 2.24) is 4.90 Å². The number of ketones is 1. The third-order valence-electron chi connectivity index (χ3n) is 10.9. The van der Waals surface area contributed by atoms with Crippen molar-refractivity contribution in [2.75, 3.05) is 21.2 Å². The predicted octanol–water partition coefficient (Wildman–Crippen LogP) is 1.41. The Bertz CT molecular complexity index is 1400. The van der Waals surface area contributed by atoms with Crippen LogP contribution in [0.2, 0.25) is 0 Å². The molecule has 0 aromatic carbocycles. The van der Waals surface area contributed by atoms with Gasteiger partial charge in [-0.05, 0) is 66.3 Å². The number of hydrogen-bond acceptors (Lipinski definition) is 17. The van der Waals surface area contributed by atoms with Gasteiger partial charge < -0.3 is 62.5 Å². The molecule has 0 aliphatic carbocycles. The van der Waals surface area contributed by atoms with Crippen molar-refractivity contribution in [3.8, 4) is 0 Å². The van der Waals surface area contributed by atoms with Gasteiger partial charge in [0.05, 0.1) is 36.9 Å². The summed E-state index contributed by atoms with van der Waals surface area (Å²) in [4.78, 5) is 64.8. The summed E-state index contributed by atoms with van der Waals surface area (Å²) in [5.74, 6) is -3.54. The molecule has 318 valence electrons. The Hall–Kier alpha value is -2.87. The fourth-order valence-corrected chi connectivity index (χ4v) is 8.17. The van der Waals surface area contributed by atoms with Crippen LogP contribution in [0.1, 0.15) is 80.6 Å². The van der Waals surface area contributed by atoms with Gasteiger partial charge in [0.15, 0.2) is 24.5 Å². The van der Waals surface area contributed by atoms with Gasteiger partial charge in [0.1, 0.15) is 48.5 Å². The second-order valence-corrected chi connectivity index (χ2v) is 16.0. The molecular weight excluding hydrogens is 738 g/mol. The zero-order valence-electron chi connectivity index (χ0n) is 34.1. The Morgan fingerprint density at radius 2 is 1.64 bits per heavy atom. The maximum absolute atomic E-state index is 13.4. The average Bonchev–Trinajstić information content (AvgIpc) is 3.82. The number of methoxy groups -OCH3 is 1. The molecular formula is C39H61NO16. The lowest BCUT2D eigenvalue weighted by Crippen LogP contribution is -2.66. The summed E-state index contributed by atoms with van der Waals surface area (Å²) in [7, 11) is 4.80. The number of likely N-dealkylation sites (N-methyl/N-ethyl adjacent to an activating group) is 1. The number of fused-ring (bicyclic) bond motifs is 1. The molecule has 4 aliphatic heterocycles. The van der Waals surface area contributed by atoms with Crippen LogP contribution >= 0.6 is 0 Å². The lowest BCUT2D eigenvalue weighted by molar-refractivity contribution is -0.344. The predicted molar refractivity (Wildman–Crippen MR) is 195 cm³/mol. The Kier molecular flexibility index (Phi) is 16.1. The number of aldehydes is 1. The zero-order valence-corrected chi connectivity index (χ0v) is 34.1. The van der Waals surface area contributed by atoms with Crippen LogP contribution in [0.4, 0.5) is 0 Å². The minimum atomic E-state index is -1.50. The highest BCUT2D eigenvalue weighted by Gasteiger charge is 2.53. The van der Waals surface area contributed by atoms with Crippen molar-refractivity contribution in [1.29, 1.82) is 0 Å². The van der Waals surface area contributed by atoms with Crippen molar-refractivity contribution < 1.29 is 76.8 Å². The van der Waals surface area contributed by atoms with Crippen molar-refractivity contribution in [3.63, 3.8) is 0 Å². The van der Waals surface area contributed by atoms with Gasteiger partial charge in [-0.25, -0.2) is 0 Å². The molecule has 0 saturated carbocycles. The molecule has 0 spiro atoms. The standard InChI is InChI=1S/C39H61NO16/c1-19-15-25(13-14-41)35(36(48-10)29(52-23(5)42)17-30(45)49-20(2)16-28-27(54-28)12-11-26(19)44)56-38-33(46)32(40(8)9)34(21(3)51-38)55-31-18-39(7,47)37(22(4)50-31)53-24(6)43/h11-12,14,19-22,25,27-29,31-38,46-47H,13,15-18H2,1-10H3/b12-11+/t19-,20-,21?,22?,25+,27?,28?,29?,31+,32?,33?,34-,35+,36+,37+,38+,39?/m1/s1. The molecule has 17 nitrogen and oxygen atoms in total. The molecule has 0 aromatic heterocycles. The monoisotopic (exact) mass is 799 g/mol. The van der Waals surface area contributed by atoms with Crippen LogP contribution in [-0.4, -0.2) is 158 Å². The molecule has 17 heteroatoms. The molecule has 2 N–H and O–H groups in total. The first-order valence-corrected chi connectivity index (χ1v) is 19.3. The van der Waals surface area contributed by atoms with Gasteiger partial charge in [0, 0.05) is 46.1 Å². The van der Waals surface area contributed by atoms with Crippen molar-refractivity contribution in [3.05, 3.63) is 12.2 Å². The number of ether oxygens (including phenoxy) is 9. The Balaban J connectivity index is 1.67. The van der Waals surface area contributed by atoms with E-state index in [0.717, 1.165) is 0 Å². The lowest BCUT2D eigenvalue weighted by Gasteiger charge is -2.50. The van der Waals surface area contributed by atoms with Crippen molar-refractivity contribution in [2.45, 2.75) is 172 Å². The topological polar surface area (TPSA) is 215 Å². The van der Waals surface area contributed by atoms with Gasteiger partial charge in [-0.15, -0.1) is 0 Å². The van der Waals surface area contributed by atoms with Crippen LogP contribution in [0.25, 0.3) is 0 Å². The molecule has 0 bridgehead atoms. The number of aliphatic hydroxyl groups is 2. The summed E-state index contributed by atoms with van der Waals surface area (Å²) < 4.78 is 53.6. The lowest BCUT2D eigenvalue weighted by atomic mass is 9.83. The van der Waals surface area contributed by atoms with Gasteiger partial charge in [-0.3, -0.25) is 19.2 Å². The largest absolute Gasteiger partial charge is 0.462 e. The van der Waals surface area contributed by atoms with E-state index in [-0.39, 0.29) is 37.3 Å². The smallest absolute Gasteiger partial charge is 0.309 e. The van der Waals surface area contributed by atoms with Gasteiger partial charge in [0.2, 0.25) is 0 Å². The second kappa shape index (κ2) is 19.7. The van der Waals surface area contributed by atoms with E-state index < -0.39 is 115 Å². The van der Waals surface area contributed by atoms with Crippen molar-refractivity contribution in [2.24, 2.45) is 11.8 Å². The molecule has 4 rings (SSSR count). The number of carbonyl (C=O) groups is 5. The molecule has 3 fully saturated rings. The fourth-order valence-electron chi connectivity index (χ4n) is 8.17. The summed E-state index contributed by atoms with van der Waals surface area (Å²) in [6.45, 7) is 10.8. The zero-order chi connectivity index (χ0) is 41.6. The Labute approximate surface area is 328 Å². The molecule has 8 unspecified atom stereocenters. The number of aliphatic hydroxyl groups excluding tert-OH is 1. The van der Waals surface area contributed by atoms with E-state index in [9.17, 15) is 34.2 Å².